The Bertz CT molecular complexity index is 448. The quantitative estimate of drug-likeness (QED) is 0.854. The molecule has 0 unspecified atom stereocenters. The van der Waals surface area contributed by atoms with Crippen molar-refractivity contribution in [3.05, 3.63) is 47.3 Å². The van der Waals surface area contributed by atoms with Gasteiger partial charge in [-0.15, -0.1) is 0 Å². The zero-order valence-corrected chi connectivity index (χ0v) is 9.66. The van der Waals surface area contributed by atoms with Crippen molar-refractivity contribution >= 4 is 6.01 Å². The van der Waals surface area contributed by atoms with E-state index in [1.165, 1.54) is 5.56 Å². The van der Waals surface area contributed by atoms with Crippen LogP contribution in [0.1, 0.15) is 17.0 Å². The molecule has 1 N–H and O–H groups in total. The van der Waals surface area contributed by atoms with Gasteiger partial charge in [0, 0.05) is 7.05 Å². The maximum atomic E-state index is 5.43. The lowest BCUT2D eigenvalue weighted by molar-refractivity contribution is 0.540. The molecular weight excluding hydrogens is 200 g/mol. The van der Waals surface area contributed by atoms with E-state index in [-0.39, 0.29) is 0 Å². The van der Waals surface area contributed by atoms with Crippen molar-refractivity contribution < 1.29 is 4.42 Å². The summed E-state index contributed by atoms with van der Waals surface area (Å²) >= 11 is 0. The minimum Gasteiger partial charge on any atom is -0.429 e. The first kappa shape index (κ1) is 10.7. The smallest absolute Gasteiger partial charge is 0.294 e. The van der Waals surface area contributed by atoms with Crippen LogP contribution < -0.4 is 5.32 Å². The molecule has 0 saturated heterocycles. The predicted molar refractivity (Wildman–Crippen MR) is 64.6 cm³/mol. The second-order valence-electron chi connectivity index (χ2n) is 3.76. The van der Waals surface area contributed by atoms with Crippen LogP contribution in [0.2, 0.25) is 0 Å². The average Bonchev–Trinajstić information content (AvgIpc) is 2.69. The van der Waals surface area contributed by atoms with Gasteiger partial charge in [-0.25, -0.2) is 0 Å². The summed E-state index contributed by atoms with van der Waals surface area (Å²) in [6.45, 7) is 1.95. The third-order valence-corrected chi connectivity index (χ3v) is 2.60. The fourth-order valence-electron chi connectivity index (χ4n) is 1.67. The fraction of sp³-hybridized carbons (Fsp3) is 0.308. The molecule has 1 aromatic carbocycles. The summed E-state index contributed by atoms with van der Waals surface area (Å²) in [5.41, 5.74) is 2.36. The summed E-state index contributed by atoms with van der Waals surface area (Å²) in [6, 6.07) is 11.0. The van der Waals surface area contributed by atoms with E-state index in [1.807, 2.05) is 20.0 Å². The van der Waals surface area contributed by atoms with Gasteiger partial charge in [-0.3, -0.25) is 0 Å². The van der Waals surface area contributed by atoms with Crippen LogP contribution in [-0.4, -0.2) is 12.0 Å². The Morgan fingerprint density at radius 1 is 1.19 bits per heavy atom. The van der Waals surface area contributed by atoms with Crippen LogP contribution in [0.5, 0.6) is 0 Å². The highest BCUT2D eigenvalue weighted by Crippen LogP contribution is 2.15. The van der Waals surface area contributed by atoms with Crippen LogP contribution in [0, 0.1) is 6.92 Å². The van der Waals surface area contributed by atoms with Crippen LogP contribution >= 0.6 is 0 Å². The second-order valence-corrected chi connectivity index (χ2v) is 3.76. The minimum atomic E-state index is 0.598. The largest absolute Gasteiger partial charge is 0.429 e. The number of benzene rings is 1. The van der Waals surface area contributed by atoms with Crippen LogP contribution in [0.25, 0.3) is 0 Å². The Labute approximate surface area is 95.5 Å². The summed E-state index contributed by atoms with van der Waals surface area (Å²) in [6.07, 6.45) is 1.92. The van der Waals surface area contributed by atoms with Gasteiger partial charge in [-0.2, -0.15) is 4.98 Å². The lowest BCUT2D eigenvalue weighted by Gasteiger charge is -1.98. The fourth-order valence-corrected chi connectivity index (χ4v) is 1.67. The molecule has 0 bridgehead atoms. The van der Waals surface area contributed by atoms with Crippen molar-refractivity contribution in [1.82, 2.24) is 4.98 Å². The van der Waals surface area contributed by atoms with Gasteiger partial charge in [0.1, 0.15) is 5.76 Å². The average molecular weight is 216 g/mol. The number of rotatable bonds is 4. The summed E-state index contributed by atoms with van der Waals surface area (Å²) < 4.78 is 5.43. The Morgan fingerprint density at radius 3 is 2.56 bits per heavy atom. The molecule has 3 heteroatoms. The maximum absolute atomic E-state index is 5.43. The minimum absolute atomic E-state index is 0.598. The first-order valence-corrected chi connectivity index (χ1v) is 5.47. The molecule has 0 aliphatic rings. The molecule has 16 heavy (non-hydrogen) atoms. The molecule has 0 atom stereocenters. The summed E-state index contributed by atoms with van der Waals surface area (Å²) in [5.74, 6) is 0.903. The molecule has 0 aliphatic heterocycles. The zero-order chi connectivity index (χ0) is 11.4. The van der Waals surface area contributed by atoms with E-state index >= 15 is 0 Å². The highest BCUT2D eigenvalue weighted by atomic mass is 16.4. The molecule has 1 heterocycles. The van der Waals surface area contributed by atoms with Crippen LogP contribution in [0.3, 0.4) is 0 Å². The van der Waals surface area contributed by atoms with Gasteiger partial charge >= 0.3 is 0 Å². The van der Waals surface area contributed by atoms with Gasteiger partial charge in [-0.05, 0) is 25.3 Å². The standard InChI is InChI=1S/C13H16N2O/c1-10-12(15-13(14-2)16-10)9-8-11-6-4-3-5-7-11/h3-7H,8-9H2,1-2H3,(H,14,15). The van der Waals surface area contributed by atoms with Crippen molar-refractivity contribution in [3.63, 3.8) is 0 Å². The number of nitrogens with one attached hydrogen (secondary N) is 1. The molecule has 0 fully saturated rings. The maximum Gasteiger partial charge on any atom is 0.294 e. The van der Waals surface area contributed by atoms with Gasteiger partial charge in [-0.1, -0.05) is 30.3 Å². The van der Waals surface area contributed by atoms with E-state index in [4.69, 9.17) is 4.42 Å². The third kappa shape index (κ3) is 2.42. The molecule has 0 aliphatic carbocycles. The predicted octanol–water partition coefficient (Wildman–Crippen LogP) is 2.81. The van der Waals surface area contributed by atoms with Crippen LogP contribution in [-0.2, 0) is 12.8 Å². The molecule has 0 radical (unpaired) electrons. The molecule has 0 amide bonds. The number of oxazole rings is 1. The summed E-state index contributed by atoms with van der Waals surface area (Å²) in [4.78, 5) is 4.37. The topological polar surface area (TPSA) is 38.1 Å². The van der Waals surface area contributed by atoms with Crippen LogP contribution in [0.15, 0.2) is 34.7 Å². The molecule has 0 saturated carbocycles. The number of hydrogen-bond donors (Lipinski definition) is 1. The van der Waals surface area contributed by atoms with Gasteiger partial charge in [0.2, 0.25) is 0 Å². The zero-order valence-electron chi connectivity index (χ0n) is 9.66. The number of nitrogens with zero attached hydrogens (tertiary/aromatic N) is 1. The van der Waals surface area contributed by atoms with Crippen molar-refractivity contribution in [3.8, 4) is 0 Å². The number of hydrogen-bond acceptors (Lipinski definition) is 3. The lowest BCUT2D eigenvalue weighted by Crippen LogP contribution is -1.94. The molecule has 3 nitrogen and oxygen atoms in total. The molecule has 84 valence electrons. The number of aromatic nitrogens is 1. The first-order chi connectivity index (χ1) is 7.79. The number of aryl methyl sites for hydroxylation is 3. The molecular formula is C13H16N2O. The highest BCUT2D eigenvalue weighted by Gasteiger charge is 2.07. The Hall–Kier alpha value is -1.77. The van der Waals surface area contributed by atoms with E-state index < -0.39 is 0 Å². The normalized spacial score (nSPS) is 10.4. The molecule has 2 aromatic rings. The van der Waals surface area contributed by atoms with Gasteiger partial charge in [0.15, 0.2) is 0 Å². The lowest BCUT2D eigenvalue weighted by atomic mass is 10.1. The van der Waals surface area contributed by atoms with E-state index in [0.717, 1.165) is 24.3 Å². The monoisotopic (exact) mass is 216 g/mol. The third-order valence-electron chi connectivity index (χ3n) is 2.60. The van der Waals surface area contributed by atoms with E-state index in [1.54, 1.807) is 0 Å². The first-order valence-electron chi connectivity index (χ1n) is 5.47. The Balaban J connectivity index is 2.02. The van der Waals surface area contributed by atoms with Crippen molar-refractivity contribution in [1.29, 1.82) is 0 Å². The Kier molecular flexibility index (Phi) is 3.25. The molecule has 0 spiro atoms. The van der Waals surface area contributed by atoms with E-state index in [0.29, 0.717) is 6.01 Å². The van der Waals surface area contributed by atoms with E-state index in [9.17, 15) is 0 Å². The second kappa shape index (κ2) is 4.84. The summed E-state index contributed by atoms with van der Waals surface area (Å²) in [5, 5.41) is 2.91. The van der Waals surface area contributed by atoms with Crippen molar-refractivity contribution in [2.24, 2.45) is 0 Å². The van der Waals surface area contributed by atoms with E-state index in [2.05, 4.69) is 34.6 Å². The van der Waals surface area contributed by atoms with Crippen molar-refractivity contribution in [2.75, 3.05) is 12.4 Å². The Morgan fingerprint density at radius 2 is 1.94 bits per heavy atom. The van der Waals surface area contributed by atoms with Crippen molar-refractivity contribution in [2.45, 2.75) is 19.8 Å². The SMILES string of the molecule is CNc1nc(CCc2ccccc2)c(C)o1. The number of anilines is 1. The summed E-state index contributed by atoms with van der Waals surface area (Å²) in [7, 11) is 1.81. The molecule has 1 aromatic heterocycles. The van der Waals surface area contributed by atoms with Gasteiger partial charge in [0.25, 0.3) is 6.01 Å². The molecule has 2 rings (SSSR count). The van der Waals surface area contributed by atoms with Gasteiger partial charge < -0.3 is 9.73 Å². The highest BCUT2D eigenvalue weighted by molar-refractivity contribution is 5.25. The van der Waals surface area contributed by atoms with Crippen LogP contribution in [0.4, 0.5) is 6.01 Å². The van der Waals surface area contributed by atoms with Gasteiger partial charge in [0.05, 0.1) is 5.69 Å².